The number of methoxy groups -OCH3 is 1. The molecule has 2 rings (SSSR count). The summed E-state index contributed by atoms with van der Waals surface area (Å²) < 4.78 is 11.6. The van der Waals surface area contributed by atoms with E-state index < -0.39 is 0 Å². The largest absolute Gasteiger partial charge is 0.377 e. The van der Waals surface area contributed by atoms with E-state index in [4.69, 9.17) is 15.0 Å². The summed E-state index contributed by atoms with van der Waals surface area (Å²) in [6, 6.07) is 1.79. The van der Waals surface area contributed by atoms with Gasteiger partial charge in [-0.15, -0.1) is 5.10 Å². The van der Waals surface area contributed by atoms with Crippen LogP contribution >= 0.6 is 0 Å². The van der Waals surface area contributed by atoms with Gasteiger partial charge in [0.2, 0.25) is 5.91 Å². The summed E-state index contributed by atoms with van der Waals surface area (Å²) in [6.07, 6.45) is 1.72. The molecule has 2 heterocycles. The molecule has 0 saturated carbocycles. The molecule has 0 aliphatic carbocycles. The van der Waals surface area contributed by atoms with Crippen LogP contribution < -0.4 is 11.1 Å². The topological polar surface area (TPSA) is 121 Å². The van der Waals surface area contributed by atoms with Gasteiger partial charge in [-0.3, -0.25) is 4.79 Å². The molecular weight excluding hydrogens is 264 g/mol. The molecule has 9 heteroatoms. The zero-order chi connectivity index (χ0) is 14.4. The van der Waals surface area contributed by atoms with Gasteiger partial charge in [0, 0.05) is 13.2 Å². The van der Waals surface area contributed by atoms with Gasteiger partial charge >= 0.3 is 0 Å². The highest BCUT2D eigenvalue weighted by atomic mass is 16.5. The molecule has 3 N–H and O–H groups in total. The molecular formula is C11H16N6O3. The Kier molecular flexibility index (Phi) is 4.80. The molecule has 2 aromatic heterocycles. The van der Waals surface area contributed by atoms with Crippen molar-refractivity contribution in [3.8, 4) is 0 Å². The first kappa shape index (κ1) is 14.2. The Bertz CT molecular complexity index is 564. The van der Waals surface area contributed by atoms with Crippen molar-refractivity contribution >= 4 is 5.91 Å². The maximum absolute atomic E-state index is 11.0. The van der Waals surface area contributed by atoms with E-state index in [1.807, 2.05) is 0 Å². The van der Waals surface area contributed by atoms with Gasteiger partial charge in [-0.25, -0.2) is 4.68 Å². The highest BCUT2D eigenvalue weighted by Crippen LogP contribution is 2.06. The van der Waals surface area contributed by atoms with Crippen LogP contribution in [0, 0.1) is 0 Å². The quantitative estimate of drug-likeness (QED) is 0.669. The molecule has 9 nitrogen and oxygen atoms in total. The summed E-state index contributed by atoms with van der Waals surface area (Å²) in [5.74, 6) is 0.415. The molecule has 1 amide bonds. The zero-order valence-corrected chi connectivity index (χ0v) is 11.1. The number of nitrogens with zero attached hydrogens (tertiary/aromatic N) is 4. The summed E-state index contributed by atoms with van der Waals surface area (Å²) in [7, 11) is 1.58. The third-order valence-electron chi connectivity index (χ3n) is 2.46. The van der Waals surface area contributed by atoms with Gasteiger partial charge in [0.25, 0.3) is 0 Å². The maximum Gasteiger partial charge on any atom is 0.234 e. The predicted octanol–water partition coefficient (Wildman–Crippen LogP) is -0.964. The second-order valence-electron chi connectivity index (χ2n) is 4.11. The lowest BCUT2D eigenvalue weighted by atomic mass is 10.3. The Morgan fingerprint density at radius 2 is 2.40 bits per heavy atom. The average molecular weight is 280 g/mol. The first-order valence-electron chi connectivity index (χ1n) is 6.00. The van der Waals surface area contributed by atoms with Crippen molar-refractivity contribution in [1.82, 2.24) is 25.5 Å². The number of carbonyl (C=O) groups excluding carboxylic acids is 1. The van der Waals surface area contributed by atoms with Gasteiger partial charge in [0.1, 0.15) is 18.0 Å². The number of nitrogens with one attached hydrogen (secondary N) is 1. The van der Waals surface area contributed by atoms with Crippen LogP contribution in [-0.4, -0.2) is 39.7 Å². The lowest BCUT2D eigenvalue weighted by molar-refractivity contribution is -0.119. The van der Waals surface area contributed by atoms with Crippen LogP contribution in [-0.2, 0) is 29.2 Å². The smallest absolute Gasteiger partial charge is 0.234 e. The normalized spacial score (nSPS) is 10.7. The molecule has 0 bridgehead atoms. The zero-order valence-electron chi connectivity index (χ0n) is 11.1. The minimum absolute atomic E-state index is 0.0463. The Labute approximate surface area is 115 Å². The van der Waals surface area contributed by atoms with E-state index in [1.165, 1.54) is 0 Å². The van der Waals surface area contributed by atoms with Gasteiger partial charge in [0.05, 0.1) is 25.8 Å². The van der Waals surface area contributed by atoms with Crippen LogP contribution in [0.2, 0.25) is 0 Å². The van der Waals surface area contributed by atoms with Crippen LogP contribution in [0.1, 0.15) is 17.1 Å². The lowest BCUT2D eigenvalue weighted by Gasteiger charge is -1.98. The fourth-order valence-electron chi connectivity index (χ4n) is 1.56. The summed E-state index contributed by atoms with van der Waals surface area (Å²) in [5.41, 5.74) is 6.56. The van der Waals surface area contributed by atoms with Crippen molar-refractivity contribution in [1.29, 1.82) is 0 Å². The molecule has 0 spiro atoms. The highest BCUT2D eigenvalue weighted by Gasteiger charge is 2.07. The van der Waals surface area contributed by atoms with E-state index in [-0.39, 0.29) is 12.5 Å². The molecule has 20 heavy (non-hydrogen) atoms. The lowest BCUT2D eigenvalue weighted by Crippen LogP contribution is -2.29. The SMILES string of the molecule is COCc1cc(Cn2cc(CNC(=O)CN)nn2)no1. The minimum Gasteiger partial charge on any atom is -0.377 e. The van der Waals surface area contributed by atoms with E-state index in [9.17, 15) is 4.79 Å². The minimum atomic E-state index is -0.236. The molecule has 0 radical (unpaired) electrons. The first-order chi connectivity index (χ1) is 9.71. The number of aromatic nitrogens is 4. The summed E-state index contributed by atoms with van der Waals surface area (Å²) in [6.45, 7) is 1.06. The van der Waals surface area contributed by atoms with Crippen molar-refractivity contribution in [2.24, 2.45) is 5.73 Å². The molecule has 108 valence electrons. The van der Waals surface area contributed by atoms with Gasteiger partial charge in [-0.1, -0.05) is 10.4 Å². The molecule has 0 aliphatic heterocycles. The summed E-state index contributed by atoms with van der Waals surface area (Å²) in [5, 5.41) is 14.4. The number of amides is 1. The molecule has 0 aromatic carbocycles. The number of carbonyl (C=O) groups is 1. The van der Waals surface area contributed by atoms with Gasteiger partial charge in [0.15, 0.2) is 5.76 Å². The van der Waals surface area contributed by atoms with Crippen molar-refractivity contribution in [2.75, 3.05) is 13.7 Å². The van der Waals surface area contributed by atoms with Crippen molar-refractivity contribution in [3.63, 3.8) is 0 Å². The summed E-state index contributed by atoms with van der Waals surface area (Å²) >= 11 is 0. The van der Waals surface area contributed by atoms with Crippen LogP contribution in [0.3, 0.4) is 0 Å². The van der Waals surface area contributed by atoms with Crippen LogP contribution in [0.15, 0.2) is 16.8 Å². The first-order valence-corrected chi connectivity index (χ1v) is 6.00. The van der Waals surface area contributed by atoms with E-state index in [0.717, 1.165) is 5.69 Å². The molecule has 0 saturated heterocycles. The Morgan fingerprint density at radius 3 is 3.15 bits per heavy atom. The Hall–Kier alpha value is -2.26. The number of rotatable bonds is 7. The fourth-order valence-corrected chi connectivity index (χ4v) is 1.56. The van der Waals surface area contributed by atoms with E-state index >= 15 is 0 Å². The van der Waals surface area contributed by atoms with Crippen molar-refractivity contribution < 1.29 is 14.1 Å². The number of ether oxygens (including phenoxy) is 1. The van der Waals surface area contributed by atoms with E-state index in [1.54, 1.807) is 24.1 Å². The number of hydrogen-bond donors (Lipinski definition) is 2. The van der Waals surface area contributed by atoms with Crippen LogP contribution in [0.4, 0.5) is 0 Å². The van der Waals surface area contributed by atoms with Crippen molar-refractivity contribution in [2.45, 2.75) is 19.7 Å². The third kappa shape index (κ3) is 3.87. The Morgan fingerprint density at radius 1 is 1.55 bits per heavy atom. The number of hydrogen-bond acceptors (Lipinski definition) is 7. The standard InChI is InChI=1S/C11H16N6O3/c1-19-7-10-2-8(15-20-10)5-17-6-9(14-16-17)4-13-11(18)3-12/h2,6H,3-5,7,12H2,1H3,(H,13,18). The molecule has 0 atom stereocenters. The molecule has 0 aliphatic rings. The second kappa shape index (κ2) is 6.78. The predicted molar refractivity (Wildman–Crippen MR) is 67.2 cm³/mol. The van der Waals surface area contributed by atoms with E-state index in [0.29, 0.717) is 31.2 Å². The monoisotopic (exact) mass is 280 g/mol. The summed E-state index contributed by atoms with van der Waals surface area (Å²) in [4.78, 5) is 11.0. The second-order valence-corrected chi connectivity index (χ2v) is 4.11. The number of nitrogens with two attached hydrogens (primary N) is 1. The molecule has 0 fully saturated rings. The van der Waals surface area contributed by atoms with E-state index in [2.05, 4.69) is 20.8 Å². The highest BCUT2D eigenvalue weighted by molar-refractivity contribution is 5.77. The van der Waals surface area contributed by atoms with Crippen LogP contribution in [0.25, 0.3) is 0 Å². The molecule has 2 aromatic rings. The van der Waals surface area contributed by atoms with Crippen LogP contribution in [0.5, 0.6) is 0 Å². The Balaban J connectivity index is 1.89. The average Bonchev–Trinajstić information content (AvgIpc) is 3.07. The van der Waals surface area contributed by atoms with Gasteiger partial charge in [-0.05, 0) is 0 Å². The maximum atomic E-state index is 11.0. The van der Waals surface area contributed by atoms with Gasteiger partial charge in [-0.2, -0.15) is 0 Å². The third-order valence-corrected chi connectivity index (χ3v) is 2.46. The fraction of sp³-hybridized carbons (Fsp3) is 0.455. The van der Waals surface area contributed by atoms with Crippen molar-refractivity contribution in [3.05, 3.63) is 29.4 Å². The van der Waals surface area contributed by atoms with Gasteiger partial charge < -0.3 is 20.3 Å². The molecule has 0 unspecified atom stereocenters.